The molecule has 0 saturated carbocycles. The summed E-state index contributed by atoms with van der Waals surface area (Å²) in [6, 6.07) is 6.67. The number of carbonyl (C=O) groups is 2. The fraction of sp³-hybridized carbons (Fsp3) is 0. The number of hydrogen-bond acceptors (Lipinski definition) is 4. The second kappa shape index (κ2) is 5.03. The molecule has 1 heterocycles. The number of aromatic nitrogens is 2. The molecule has 0 aliphatic carbocycles. The maximum atomic E-state index is 11.0. The van der Waals surface area contributed by atoms with Gasteiger partial charge in [0.2, 0.25) is 0 Å². The minimum Gasteiger partial charge on any atom is -0.476 e. The van der Waals surface area contributed by atoms with Crippen molar-refractivity contribution in [2.24, 2.45) is 0 Å². The van der Waals surface area contributed by atoms with Crippen LogP contribution in [0.3, 0.4) is 0 Å². The molecule has 0 fully saturated rings. The van der Waals surface area contributed by atoms with Crippen LogP contribution in [-0.2, 0) is 0 Å². The van der Waals surface area contributed by atoms with Crippen LogP contribution < -0.4 is 0 Å². The zero-order valence-electron chi connectivity index (χ0n) is 9.37. The number of halogens is 1. The lowest BCUT2D eigenvalue weighted by atomic mass is 10.1. The molecule has 96 valence electrons. The second-order valence-corrected chi connectivity index (χ2v) is 3.95. The number of carboxylic acids is 2. The Bertz CT molecular complexity index is 673. The number of rotatable bonds is 3. The van der Waals surface area contributed by atoms with Crippen LogP contribution in [0.25, 0.3) is 11.3 Å². The Morgan fingerprint density at radius 3 is 2.26 bits per heavy atom. The third kappa shape index (κ3) is 2.53. The van der Waals surface area contributed by atoms with Gasteiger partial charge in [-0.1, -0.05) is 29.8 Å². The summed E-state index contributed by atoms with van der Waals surface area (Å²) in [4.78, 5) is 29.3. The van der Waals surface area contributed by atoms with Gasteiger partial charge in [0, 0.05) is 5.56 Å². The van der Waals surface area contributed by atoms with Gasteiger partial charge in [0.15, 0.2) is 11.4 Å². The lowest BCUT2D eigenvalue weighted by Gasteiger charge is -2.05. The predicted molar refractivity (Wildman–Crippen MR) is 66.4 cm³/mol. The maximum absolute atomic E-state index is 11.0. The molecular formula is C12H7ClN2O4. The van der Waals surface area contributed by atoms with Gasteiger partial charge in [-0.05, 0) is 6.07 Å². The fourth-order valence-corrected chi connectivity index (χ4v) is 1.73. The molecule has 1 aromatic heterocycles. The van der Waals surface area contributed by atoms with Crippen molar-refractivity contribution in [3.63, 3.8) is 0 Å². The monoisotopic (exact) mass is 278 g/mol. The van der Waals surface area contributed by atoms with E-state index in [4.69, 9.17) is 21.8 Å². The molecule has 2 aromatic rings. The third-order valence-corrected chi connectivity index (χ3v) is 2.66. The van der Waals surface area contributed by atoms with E-state index in [9.17, 15) is 9.59 Å². The quantitative estimate of drug-likeness (QED) is 0.892. The van der Waals surface area contributed by atoms with Crippen molar-refractivity contribution in [2.45, 2.75) is 0 Å². The van der Waals surface area contributed by atoms with E-state index >= 15 is 0 Å². The molecule has 0 aliphatic heterocycles. The average molecular weight is 279 g/mol. The van der Waals surface area contributed by atoms with Crippen molar-refractivity contribution in [3.05, 3.63) is 46.9 Å². The predicted octanol–water partition coefficient (Wildman–Crippen LogP) is 2.19. The van der Waals surface area contributed by atoms with Gasteiger partial charge in [0.25, 0.3) is 0 Å². The summed E-state index contributed by atoms with van der Waals surface area (Å²) in [7, 11) is 0. The molecule has 0 amide bonds. The largest absolute Gasteiger partial charge is 0.476 e. The van der Waals surface area contributed by atoms with E-state index in [-0.39, 0.29) is 5.69 Å². The SMILES string of the molecule is O=C(O)c1ncc(-c2ccccc2Cl)nc1C(=O)O. The Hall–Kier alpha value is -2.47. The Labute approximate surface area is 112 Å². The fourth-order valence-electron chi connectivity index (χ4n) is 1.49. The smallest absolute Gasteiger partial charge is 0.357 e. The number of nitrogens with zero attached hydrogens (tertiary/aromatic N) is 2. The average Bonchev–Trinajstić information content (AvgIpc) is 2.38. The van der Waals surface area contributed by atoms with Gasteiger partial charge < -0.3 is 10.2 Å². The molecule has 0 aliphatic rings. The summed E-state index contributed by atoms with van der Waals surface area (Å²) >= 11 is 5.96. The van der Waals surface area contributed by atoms with Crippen LogP contribution in [0.2, 0.25) is 5.02 Å². The van der Waals surface area contributed by atoms with Crippen molar-refractivity contribution in [3.8, 4) is 11.3 Å². The lowest BCUT2D eigenvalue weighted by Crippen LogP contribution is -2.13. The number of aromatic carboxylic acids is 2. The molecule has 2 rings (SSSR count). The highest BCUT2D eigenvalue weighted by Gasteiger charge is 2.21. The molecular weight excluding hydrogens is 272 g/mol. The second-order valence-electron chi connectivity index (χ2n) is 3.54. The molecule has 1 aromatic carbocycles. The zero-order valence-corrected chi connectivity index (χ0v) is 10.1. The van der Waals surface area contributed by atoms with Gasteiger partial charge in [-0.15, -0.1) is 0 Å². The first-order valence-corrected chi connectivity index (χ1v) is 5.47. The van der Waals surface area contributed by atoms with Gasteiger partial charge in [-0.3, -0.25) is 0 Å². The van der Waals surface area contributed by atoms with Gasteiger partial charge in [-0.25, -0.2) is 19.6 Å². The summed E-state index contributed by atoms with van der Waals surface area (Å²) < 4.78 is 0. The zero-order chi connectivity index (χ0) is 14.0. The number of carboxylic acid groups (broad SMARTS) is 2. The maximum Gasteiger partial charge on any atom is 0.357 e. The van der Waals surface area contributed by atoms with E-state index in [1.807, 2.05) is 0 Å². The van der Waals surface area contributed by atoms with Gasteiger partial charge in [-0.2, -0.15) is 0 Å². The van der Waals surface area contributed by atoms with E-state index < -0.39 is 23.3 Å². The number of benzene rings is 1. The van der Waals surface area contributed by atoms with Crippen molar-refractivity contribution in [1.29, 1.82) is 0 Å². The molecule has 2 N–H and O–H groups in total. The van der Waals surface area contributed by atoms with Crippen molar-refractivity contribution >= 4 is 23.5 Å². The van der Waals surface area contributed by atoms with E-state index in [1.165, 1.54) is 6.20 Å². The first-order valence-electron chi connectivity index (χ1n) is 5.09. The van der Waals surface area contributed by atoms with Crippen LogP contribution in [0.5, 0.6) is 0 Å². The molecule has 0 radical (unpaired) electrons. The van der Waals surface area contributed by atoms with Gasteiger partial charge in [0.1, 0.15) is 0 Å². The van der Waals surface area contributed by atoms with Crippen molar-refractivity contribution in [1.82, 2.24) is 9.97 Å². The first-order chi connectivity index (χ1) is 9.00. The van der Waals surface area contributed by atoms with E-state index in [0.29, 0.717) is 10.6 Å². The molecule has 6 nitrogen and oxygen atoms in total. The minimum atomic E-state index is -1.46. The molecule has 0 atom stereocenters. The number of hydrogen-bond donors (Lipinski definition) is 2. The van der Waals surface area contributed by atoms with Crippen LogP contribution in [-0.4, -0.2) is 32.1 Å². The highest BCUT2D eigenvalue weighted by Crippen LogP contribution is 2.25. The third-order valence-electron chi connectivity index (χ3n) is 2.33. The topological polar surface area (TPSA) is 100 Å². The van der Waals surface area contributed by atoms with E-state index in [1.54, 1.807) is 24.3 Å². The highest BCUT2D eigenvalue weighted by atomic mass is 35.5. The standard InChI is InChI=1S/C12H7ClN2O4/c13-7-4-2-1-3-6(7)8-5-14-9(11(16)17)10(15-8)12(18)19/h1-5H,(H,16,17)(H,18,19). The molecule has 0 unspecified atom stereocenters. The normalized spacial score (nSPS) is 10.2. The van der Waals surface area contributed by atoms with Crippen LogP contribution in [0.4, 0.5) is 0 Å². The minimum absolute atomic E-state index is 0.202. The summed E-state index contributed by atoms with van der Waals surface area (Å²) in [6.07, 6.45) is 1.18. The van der Waals surface area contributed by atoms with Crippen molar-refractivity contribution < 1.29 is 19.8 Å². The Morgan fingerprint density at radius 2 is 1.68 bits per heavy atom. The molecule has 7 heteroatoms. The van der Waals surface area contributed by atoms with Crippen LogP contribution >= 0.6 is 11.6 Å². The lowest BCUT2D eigenvalue weighted by molar-refractivity contribution is 0.0641. The Morgan fingerprint density at radius 1 is 1.05 bits per heavy atom. The molecule has 0 spiro atoms. The van der Waals surface area contributed by atoms with E-state index in [2.05, 4.69) is 9.97 Å². The van der Waals surface area contributed by atoms with Gasteiger partial charge >= 0.3 is 11.9 Å². The van der Waals surface area contributed by atoms with Crippen LogP contribution in [0.1, 0.15) is 21.0 Å². The van der Waals surface area contributed by atoms with Gasteiger partial charge in [0.05, 0.1) is 16.9 Å². The summed E-state index contributed by atoms with van der Waals surface area (Å²) in [5, 5.41) is 18.2. The summed E-state index contributed by atoms with van der Waals surface area (Å²) in [6.45, 7) is 0. The van der Waals surface area contributed by atoms with E-state index in [0.717, 1.165) is 0 Å². The first kappa shape index (κ1) is 13.0. The highest BCUT2D eigenvalue weighted by molar-refractivity contribution is 6.33. The summed E-state index contributed by atoms with van der Waals surface area (Å²) in [5.74, 6) is -2.91. The molecule has 19 heavy (non-hydrogen) atoms. The van der Waals surface area contributed by atoms with Crippen LogP contribution in [0.15, 0.2) is 30.5 Å². The van der Waals surface area contributed by atoms with Crippen molar-refractivity contribution in [2.75, 3.05) is 0 Å². The van der Waals surface area contributed by atoms with Crippen LogP contribution in [0, 0.1) is 0 Å². The molecule has 0 bridgehead atoms. The Balaban J connectivity index is 2.62. The summed E-state index contributed by atoms with van der Waals surface area (Å²) in [5.41, 5.74) is -0.544. The molecule has 0 saturated heterocycles. The Kier molecular flexibility index (Phi) is 3.43.